The Morgan fingerprint density at radius 2 is 1.20 bits per heavy atom. The van der Waals surface area contributed by atoms with Crippen LogP contribution in [0.4, 0.5) is 17.1 Å². The second kappa shape index (κ2) is 10.8. The minimum absolute atomic E-state index is 0.274. The van der Waals surface area contributed by atoms with Crippen LogP contribution in [0.25, 0.3) is 0 Å². The maximum absolute atomic E-state index is 13.0. The van der Waals surface area contributed by atoms with Crippen LogP contribution in [0.2, 0.25) is 0 Å². The number of carbonyl (C=O) groups excluding carboxylic acids is 3. The van der Waals surface area contributed by atoms with Crippen LogP contribution in [0.15, 0.2) is 103 Å². The highest BCUT2D eigenvalue weighted by molar-refractivity contribution is 6.13. The summed E-state index contributed by atoms with van der Waals surface area (Å²) in [6.07, 6.45) is 0. The van der Waals surface area contributed by atoms with Gasteiger partial charge in [-0.25, -0.2) is 0 Å². The van der Waals surface area contributed by atoms with E-state index in [9.17, 15) is 14.4 Å². The molecular formula is C28H23N3O4. The zero-order valence-electron chi connectivity index (χ0n) is 18.9. The average molecular weight is 466 g/mol. The summed E-state index contributed by atoms with van der Waals surface area (Å²) in [7, 11) is 1.57. The molecular weight excluding hydrogens is 442 g/mol. The molecule has 0 unspecified atom stereocenters. The topological polar surface area (TPSA) is 96.5 Å². The summed E-state index contributed by atoms with van der Waals surface area (Å²) >= 11 is 0. The zero-order valence-corrected chi connectivity index (χ0v) is 18.9. The number of hydrogen-bond donors (Lipinski definition) is 3. The quantitative estimate of drug-likeness (QED) is 0.338. The first-order valence-electron chi connectivity index (χ1n) is 10.9. The van der Waals surface area contributed by atoms with E-state index in [0.717, 1.165) is 0 Å². The summed E-state index contributed by atoms with van der Waals surface area (Å²) < 4.78 is 5.13. The van der Waals surface area contributed by atoms with E-state index >= 15 is 0 Å². The highest BCUT2D eigenvalue weighted by atomic mass is 16.5. The molecule has 0 aliphatic carbocycles. The van der Waals surface area contributed by atoms with E-state index in [1.54, 1.807) is 104 Å². The third-order valence-electron chi connectivity index (χ3n) is 5.19. The lowest BCUT2D eigenvalue weighted by Gasteiger charge is -2.12. The van der Waals surface area contributed by atoms with E-state index in [1.165, 1.54) is 0 Å². The number of para-hydroxylation sites is 1. The molecule has 7 nitrogen and oxygen atoms in total. The van der Waals surface area contributed by atoms with Gasteiger partial charge in [-0.15, -0.1) is 0 Å². The Labute approximate surface area is 202 Å². The summed E-state index contributed by atoms with van der Waals surface area (Å²) in [5.74, 6) is -0.373. The molecule has 0 aromatic heterocycles. The zero-order chi connectivity index (χ0) is 24.6. The molecule has 0 bridgehead atoms. The number of benzene rings is 4. The lowest BCUT2D eigenvalue weighted by atomic mass is 10.1. The van der Waals surface area contributed by atoms with Crippen molar-refractivity contribution in [3.63, 3.8) is 0 Å². The molecule has 0 aliphatic rings. The third kappa shape index (κ3) is 5.91. The molecule has 0 aliphatic heterocycles. The van der Waals surface area contributed by atoms with Gasteiger partial charge in [-0.05, 0) is 66.7 Å². The van der Waals surface area contributed by atoms with Gasteiger partial charge in [0.25, 0.3) is 17.7 Å². The van der Waals surface area contributed by atoms with Crippen LogP contribution in [-0.4, -0.2) is 24.8 Å². The maximum atomic E-state index is 13.0. The maximum Gasteiger partial charge on any atom is 0.257 e. The normalized spacial score (nSPS) is 10.2. The van der Waals surface area contributed by atoms with Crippen molar-refractivity contribution in [1.29, 1.82) is 0 Å². The molecule has 0 atom stereocenters. The molecule has 4 rings (SSSR count). The smallest absolute Gasteiger partial charge is 0.257 e. The molecule has 4 aromatic carbocycles. The van der Waals surface area contributed by atoms with Gasteiger partial charge < -0.3 is 20.7 Å². The van der Waals surface area contributed by atoms with Crippen LogP contribution in [-0.2, 0) is 0 Å². The molecule has 0 heterocycles. The Balaban J connectivity index is 1.47. The van der Waals surface area contributed by atoms with Gasteiger partial charge >= 0.3 is 0 Å². The van der Waals surface area contributed by atoms with Crippen molar-refractivity contribution in [1.82, 2.24) is 0 Å². The van der Waals surface area contributed by atoms with Crippen LogP contribution in [0.5, 0.6) is 5.75 Å². The molecule has 7 heteroatoms. The SMILES string of the molecule is COc1ccc(NC(=O)c2ccccc2NC(=O)c2cccc(NC(=O)c3ccccc3)c2)cc1. The van der Waals surface area contributed by atoms with Crippen LogP contribution >= 0.6 is 0 Å². The Bertz CT molecular complexity index is 1350. The van der Waals surface area contributed by atoms with Crippen molar-refractivity contribution in [2.24, 2.45) is 0 Å². The van der Waals surface area contributed by atoms with Gasteiger partial charge in [-0.1, -0.05) is 36.4 Å². The first-order chi connectivity index (χ1) is 17.0. The van der Waals surface area contributed by atoms with Crippen LogP contribution < -0.4 is 20.7 Å². The second-order valence-electron chi connectivity index (χ2n) is 7.58. The number of nitrogens with one attached hydrogen (secondary N) is 3. The summed E-state index contributed by atoms with van der Waals surface area (Å²) in [5.41, 5.74) is 2.60. The fraction of sp³-hybridized carbons (Fsp3) is 0.0357. The molecule has 35 heavy (non-hydrogen) atoms. The van der Waals surface area contributed by atoms with Gasteiger partial charge in [-0.3, -0.25) is 14.4 Å². The summed E-state index contributed by atoms with van der Waals surface area (Å²) in [4.78, 5) is 38.3. The molecule has 0 saturated carbocycles. The number of methoxy groups -OCH3 is 1. The number of carbonyl (C=O) groups is 3. The number of anilines is 3. The fourth-order valence-corrected chi connectivity index (χ4v) is 3.39. The third-order valence-corrected chi connectivity index (χ3v) is 5.19. The summed E-state index contributed by atoms with van der Waals surface area (Å²) in [6.45, 7) is 0. The van der Waals surface area contributed by atoms with Gasteiger partial charge in [-0.2, -0.15) is 0 Å². The Morgan fingerprint density at radius 1 is 0.571 bits per heavy atom. The molecule has 0 spiro atoms. The largest absolute Gasteiger partial charge is 0.497 e. The number of amides is 3. The van der Waals surface area contributed by atoms with Crippen molar-refractivity contribution in [2.45, 2.75) is 0 Å². The predicted molar refractivity (Wildman–Crippen MR) is 136 cm³/mol. The number of ether oxygens (including phenoxy) is 1. The molecule has 4 aromatic rings. The van der Waals surface area contributed by atoms with E-state index in [1.807, 2.05) is 6.07 Å². The summed E-state index contributed by atoms with van der Waals surface area (Å²) in [5, 5.41) is 8.40. The van der Waals surface area contributed by atoms with E-state index in [4.69, 9.17) is 4.74 Å². The van der Waals surface area contributed by atoms with Crippen molar-refractivity contribution in [3.05, 3.63) is 120 Å². The minimum Gasteiger partial charge on any atom is -0.497 e. The molecule has 0 saturated heterocycles. The molecule has 0 radical (unpaired) electrons. The predicted octanol–water partition coefficient (Wildman–Crippen LogP) is 5.45. The Hall–Kier alpha value is -4.91. The average Bonchev–Trinajstić information content (AvgIpc) is 2.90. The van der Waals surface area contributed by atoms with E-state index in [-0.39, 0.29) is 11.8 Å². The molecule has 3 N–H and O–H groups in total. The molecule has 3 amide bonds. The van der Waals surface area contributed by atoms with E-state index in [0.29, 0.717) is 39.5 Å². The van der Waals surface area contributed by atoms with Crippen LogP contribution in [0, 0.1) is 0 Å². The van der Waals surface area contributed by atoms with E-state index < -0.39 is 5.91 Å². The first-order valence-corrected chi connectivity index (χ1v) is 10.9. The van der Waals surface area contributed by atoms with Gasteiger partial charge in [0.2, 0.25) is 0 Å². The lowest BCUT2D eigenvalue weighted by Crippen LogP contribution is -2.18. The van der Waals surface area contributed by atoms with Gasteiger partial charge in [0, 0.05) is 22.5 Å². The van der Waals surface area contributed by atoms with Crippen molar-refractivity contribution < 1.29 is 19.1 Å². The lowest BCUT2D eigenvalue weighted by molar-refractivity contribution is 0.101. The molecule has 0 fully saturated rings. The monoisotopic (exact) mass is 465 g/mol. The summed E-state index contributed by atoms with van der Waals surface area (Å²) in [6, 6.07) is 29.1. The standard InChI is InChI=1S/C28H23N3O4/c1-35-23-16-14-21(15-17-23)29-28(34)24-12-5-6-13-25(24)31-27(33)20-10-7-11-22(18-20)30-26(32)19-8-3-2-4-9-19/h2-18H,1H3,(H,29,34)(H,30,32)(H,31,33). The Kier molecular flexibility index (Phi) is 7.18. The fourth-order valence-electron chi connectivity index (χ4n) is 3.39. The minimum atomic E-state index is -0.412. The number of hydrogen-bond acceptors (Lipinski definition) is 4. The van der Waals surface area contributed by atoms with Crippen LogP contribution in [0.1, 0.15) is 31.1 Å². The van der Waals surface area contributed by atoms with Crippen molar-refractivity contribution >= 4 is 34.8 Å². The molecule has 174 valence electrons. The van der Waals surface area contributed by atoms with Gasteiger partial charge in [0.15, 0.2) is 0 Å². The highest BCUT2D eigenvalue weighted by Crippen LogP contribution is 2.21. The van der Waals surface area contributed by atoms with Crippen molar-refractivity contribution in [2.75, 3.05) is 23.1 Å². The van der Waals surface area contributed by atoms with Crippen molar-refractivity contribution in [3.8, 4) is 5.75 Å². The van der Waals surface area contributed by atoms with Crippen LogP contribution in [0.3, 0.4) is 0 Å². The second-order valence-corrected chi connectivity index (χ2v) is 7.58. The Morgan fingerprint density at radius 3 is 1.94 bits per heavy atom. The number of rotatable bonds is 7. The van der Waals surface area contributed by atoms with Gasteiger partial charge in [0.1, 0.15) is 5.75 Å². The van der Waals surface area contributed by atoms with Gasteiger partial charge in [0.05, 0.1) is 18.4 Å². The highest BCUT2D eigenvalue weighted by Gasteiger charge is 2.15. The first kappa shape index (κ1) is 23.3. The van der Waals surface area contributed by atoms with E-state index in [2.05, 4.69) is 16.0 Å².